The number of rotatable bonds is 6. The molecule has 23 heavy (non-hydrogen) atoms. The van der Waals surface area contributed by atoms with Gasteiger partial charge in [-0.2, -0.15) is 0 Å². The second kappa shape index (κ2) is 7.49. The minimum atomic E-state index is -0.357. The molecule has 0 fully saturated rings. The average molecular weight is 312 g/mol. The van der Waals surface area contributed by atoms with Gasteiger partial charge >= 0.3 is 0 Å². The van der Waals surface area contributed by atoms with Crippen molar-refractivity contribution in [2.45, 2.75) is 20.8 Å². The maximum absolute atomic E-state index is 12.2. The van der Waals surface area contributed by atoms with Crippen LogP contribution in [0.2, 0.25) is 0 Å². The van der Waals surface area contributed by atoms with E-state index in [1.165, 1.54) is 13.1 Å². The Labute approximate surface area is 135 Å². The van der Waals surface area contributed by atoms with Crippen molar-refractivity contribution in [2.24, 2.45) is 0 Å². The molecule has 1 heterocycles. The van der Waals surface area contributed by atoms with E-state index in [2.05, 4.69) is 15.3 Å². The van der Waals surface area contributed by atoms with Gasteiger partial charge in [-0.15, -0.1) is 0 Å². The van der Waals surface area contributed by atoms with E-state index in [4.69, 9.17) is 0 Å². The van der Waals surface area contributed by atoms with Gasteiger partial charge in [0.15, 0.2) is 5.78 Å². The summed E-state index contributed by atoms with van der Waals surface area (Å²) in [4.78, 5) is 34.1. The lowest BCUT2D eigenvalue weighted by Gasteiger charge is -2.18. The van der Waals surface area contributed by atoms with Gasteiger partial charge < -0.3 is 10.2 Å². The van der Waals surface area contributed by atoms with Gasteiger partial charge in [0.05, 0.1) is 12.4 Å². The number of hydrogen-bond donors (Lipinski definition) is 1. The molecule has 2 aromatic rings. The summed E-state index contributed by atoms with van der Waals surface area (Å²) in [6.45, 7) is 7.21. The van der Waals surface area contributed by atoms with Crippen molar-refractivity contribution in [3.8, 4) is 0 Å². The molecule has 120 valence electrons. The van der Waals surface area contributed by atoms with E-state index in [1.54, 1.807) is 30.5 Å². The molecule has 0 saturated heterocycles. The molecule has 1 amide bonds. The second-order valence-electron chi connectivity index (χ2n) is 5.02. The molecule has 2 rings (SSSR count). The van der Waals surface area contributed by atoms with Crippen LogP contribution in [0.1, 0.15) is 41.6 Å². The maximum atomic E-state index is 12.2. The first-order valence-electron chi connectivity index (χ1n) is 7.54. The Morgan fingerprint density at radius 2 is 1.87 bits per heavy atom. The van der Waals surface area contributed by atoms with Crippen molar-refractivity contribution in [3.63, 3.8) is 0 Å². The highest BCUT2D eigenvalue weighted by Crippen LogP contribution is 2.13. The summed E-state index contributed by atoms with van der Waals surface area (Å²) in [6, 6.07) is 6.79. The molecule has 0 aliphatic heterocycles. The highest BCUT2D eigenvalue weighted by atomic mass is 16.2. The number of nitrogens with one attached hydrogen (secondary N) is 1. The zero-order valence-corrected chi connectivity index (χ0v) is 13.5. The van der Waals surface area contributed by atoms with E-state index in [-0.39, 0.29) is 17.4 Å². The van der Waals surface area contributed by atoms with Gasteiger partial charge in [0.25, 0.3) is 5.91 Å². The first kappa shape index (κ1) is 16.6. The highest BCUT2D eigenvalue weighted by Gasteiger charge is 2.11. The Morgan fingerprint density at radius 3 is 2.43 bits per heavy atom. The number of aromatic nitrogens is 2. The third kappa shape index (κ3) is 4.12. The number of ketones is 1. The standard InChI is InChI=1S/C17H20N4O2/c1-4-21(5-2)16-11-18-15(10-19-16)17(23)20-14-8-6-7-13(9-14)12(3)22/h6-11H,4-5H2,1-3H3,(H,20,23). The summed E-state index contributed by atoms with van der Waals surface area (Å²) in [5.41, 5.74) is 1.33. The van der Waals surface area contributed by atoms with Crippen molar-refractivity contribution in [1.82, 2.24) is 9.97 Å². The molecule has 6 heteroatoms. The molecule has 0 radical (unpaired) electrons. The lowest BCUT2D eigenvalue weighted by molar-refractivity contribution is 0.100. The van der Waals surface area contributed by atoms with Crippen molar-refractivity contribution in [2.75, 3.05) is 23.3 Å². The van der Waals surface area contributed by atoms with Gasteiger partial charge in [-0.05, 0) is 32.9 Å². The zero-order chi connectivity index (χ0) is 16.8. The molecule has 1 aromatic heterocycles. The Hall–Kier alpha value is -2.76. The fourth-order valence-corrected chi connectivity index (χ4v) is 2.16. The fraction of sp³-hybridized carbons (Fsp3) is 0.294. The summed E-state index contributed by atoms with van der Waals surface area (Å²) in [5, 5.41) is 2.72. The first-order chi connectivity index (χ1) is 11.0. The minimum absolute atomic E-state index is 0.0514. The Kier molecular flexibility index (Phi) is 5.41. The molecule has 6 nitrogen and oxygen atoms in total. The van der Waals surface area contributed by atoms with Crippen LogP contribution in [-0.4, -0.2) is 34.7 Å². The number of Topliss-reactive ketones (excluding diaryl/α,β-unsaturated/α-hetero) is 1. The molecule has 0 spiro atoms. The van der Waals surface area contributed by atoms with E-state index in [0.29, 0.717) is 11.3 Å². The van der Waals surface area contributed by atoms with Gasteiger partial charge in [-0.3, -0.25) is 9.59 Å². The fourth-order valence-electron chi connectivity index (χ4n) is 2.16. The quantitative estimate of drug-likeness (QED) is 0.830. The molecule has 1 aromatic carbocycles. The first-order valence-corrected chi connectivity index (χ1v) is 7.54. The monoisotopic (exact) mass is 312 g/mol. The number of benzene rings is 1. The van der Waals surface area contributed by atoms with Crippen LogP contribution < -0.4 is 10.2 Å². The minimum Gasteiger partial charge on any atom is -0.356 e. The normalized spacial score (nSPS) is 10.2. The topological polar surface area (TPSA) is 75.2 Å². The molecule has 0 aliphatic carbocycles. The number of anilines is 2. The maximum Gasteiger partial charge on any atom is 0.275 e. The van der Waals surface area contributed by atoms with Crippen LogP contribution in [0.3, 0.4) is 0 Å². The van der Waals surface area contributed by atoms with Crippen molar-refractivity contribution < 1.29 is 9.59 Å². The van der Waals surface area contributed by atoms with E-state index < -0.39 is 0 Å². The Balaban J connectivity index is 2.12. The predicted octanol–water partition coefficient (Wildman–Crippen LogP) is 2.78. The van der Waals surface area contributed by atoms with E-state index >= 15 is 0 Å². The molecular formula is C17H20N4O2. The van der Waals surface area contributed by atoms with E-state index in [9.17, 15) is 9.59 Å². The Morgan fingerprint density at radius 1 is 1.13 bits per heavy atom. The summed E-state index contributed by atoms with van der Waals surface area (Å²) in [7, 11) is 0. The summed E-state index contributed by atoms with van der Waals surface area (Å²) >= 11 is 0. The summed E-state index contributed by atoms with van der Waals surface area (Å²) in [5.74, 6) is 0.332. The van der Waals surface area contributed by atoms with Crippen LogP contribution in [0.25, 0.3) is 0 Å². The van der Waals surface area contributed by atoms with Crippen molar-refractivity contribution in [1.29, 1.82) is 0 Å². The molecule has 0 atom stereocenters. The van der Waals surface area contributed by atoms with Crippen LogP contribution in [0.4, 0.5) is 11.5 Å². The van der Waals surface area contributed by atoms with E-state index in [0.717, 1.165) is 18.9 Å². The van der Waals surface area contributed by atoms with Gasteiger partial charge in [-0.1, -0.05) is 12.1 Å². The number of carbonyl (C=O) groups is 2. The van der Waals surface area contributed by atoms with Crippen LogP contribution >= 0.6 is 0 Å². The van der Waals surface area contributed by atoms with Crippen LogP contribution in [0.15, 0.2) is 36.7 Å². The number of hydrogen-bond acceptors (Lipinski definition) is 5. The highest BCUT2D eigenvalue weighted by molar-refractivity contribution is 6.03. The average Bonchev–Trinajstić information content (AvgIpc) is 2.56. The van der Waals surface area contributed by atoms with Crippen molar-refractivity contribution in [3.05, 3.63) is 47.9 Å². The van der Waals surface area contributed by atoms with E-state index in [1.807, 2.05) is 18.7 Å². The number of carbonyl (C=O) groups excluding carboxylic acids is 2. The van der Waals surface area contributed by atoms with Crippen LogP contribution in [-0.2, 0) is 0 Å². The third-order valence-electron chi connectivity index (χ3n) is 3.49. The lowest BCUT2D eigenvalue weighted by atomic mass is 10.1. The van der Waals surface area contributed by atoms with Crippen molar-refractivity contribution >= 4 is 23.2 Å². The van der Waals surface area contributed by atoms with Gasteiger partial charge in [0, 0.05) is 24.3 Å². The van der Waals surface area contributed by atoms with Gasteiger partial charge in [-0.25, -0.2) is 9.97 Å². The molecule has 0 aliphatic rings. The lowest BCUT2D eigenvalue weighted by Crippen LogP contribution is -2.23. The molecule has 1 N–H and O–H groups in total. The number of amides is 1. The Bertz CT molecular complexity index is 694. The van der Waals surface area contributed by atoms with Crippen LogP contribution in [0.5, 0.6) is 0 Å². The third-order valence-corrected chi connectivity index (χ3v) is 3.49. The zero-order valence-electron chi connectivity index (χ0n) is 13.5. The SMILES string of the molecule is CCN(CC)c1cnc(C(=O)Nc2cccc(C(C)=O)c2)cn1. The number of nitrogens with zero attached hydrogens (tertiary/aromatic N) is 3. The molecule has 0 saturated carbocycles. The van der Waals surface area contributed by atoms with Gasteiger partial charge in [0.1, 0.15) is 11.5 Å². The molecule has 0 unspecified atom stereocenters. The van der Waals surface area contributed by atoms with Crippen LogP contribution in [0, 0.1) is 0 Å². The summed E-state index contributed by atoms with van der Waals surface area (Å²) in [6.07, 6.45) is 3.05. The molecule has 0 bridgehead atoms. The predicted molar refractivity (Wildman–Crippen MR) is 90.0 cm³/mol. The molecular weight excluding hydrogens is 292 g/mol. The largest absolute Gasteiger partial charge is 0.356 e. The second-order valence-corrected chi connectivity index (χ2v) is 5.02. The smallest absolute Gasteiger partial charge is 0.275 e. The summed E-state index contributed by atoms with van der Waals surface area (Å²) < 4.78 is 0. The van der Waals surface area contributed by atoms with Gasteiger partial charge in [0.2, 0.25) is 0 Å².